The van der Waals surface area contributed by atoms with Gasteiger partial charge < -0.3 is 15.3 Å². The lowest BCUT2D eigenvalue weighted by Gasteiger charge is -2.38. The highest BCUT2D eigenvalue weighted by molar-refractivity contribution is 6.30. The number of hydrogen-bond acceptors (Lipinski definition) is 3. The standard InChI is InChI=1S/C21H26ClFN2O3/c1-3-6-19(24-17-12-15(22)11-16(23)13-17)20(26)25(9-4-2)18-8-5-7-14(10-18)21(27)28/h3-4,11-14,18-19,24H,1-2,5-10H2,(H,27,28). The summed E-state index contributed by atoms with van der Waals surface area (Å²) >= 11 is 5.91. The van der Waals surface area contributed by atoms with Crippen molar-refractivity contribution in [3.05, 3.63) is 54.3 Å². The van der Waals surface area contributed by atoms with Crippen LogP contribution in [0.25, 0.3) is 0 Å². The molecular formula is C21H26ClFN2O3. The molecule has 1 aliphatic rings. The van der Waals surface area contributed by atoms with Crippen LogP contribution in [-0.4, -0.2) is 40.5 Å². The summed E-state index contributed by atoms with van der Waals surface area (Å²) in [5, 5.41) is 12.6. The first-order valence-electron chi connectivity index (χ1n) is 9.33. The third-order valence-electron chi connectivity index (χ3n) is 4.95. The molecule has 0 heterocycles. The number of aliphatic carboxylic acids is 1. The molecule has 0 saturated heterocycles. The summed E-state index contributed by atoms with van der Waals surface area (Å²) in [4.78, 5) is 26.3. The molecule has 1 saturated carbocycles. The van der Waals surface area contributed by atoms with E-state index >= 15 is 0 Å². The van der Waals surface area contributed by atoms with Crippen LogP contribution in [0.5, 0.6) is 0 Å². The Kier molecular flexibility index (Phi) is 8.05. The van der Waals surface area contributed by atoms with Gasteiger partial charge in [0, 0.05) is 23.3 Å². The molecule has 2 rings (SSSR count). The SMILES string of the molecule is C=CCC(Nc1cc(F)cc(Cl)c1)C(=O)N(CC=C)C1CCCC(C(=O)O)C1. The molecule has 0 spiro atoms. The van der Waals surface area contributed by atoms with E-state index in [0.29, 0.717) is 31.5 Å². The molecule has 0 bridgehead atoms. The van der Waals surface area contributed by atoms with Crippen molar-refractivity contribution in [1.29, 1.82) is 0 Å². The lowest BCUT2D eigenvalue weighted by Crippen LogP contribution is -2.50. The van der Waals surface area contributed by atoms with Crippen molar-refractivity contribution in [1.82, 2.24) is 4.90 Å². The maximum atomic E-state index is 13.6. The summed E-state index contributed by atoms with van der Waals surface area (Å²) in [7, 11) is 0. The van der Waals surface area contributed by atoms with Gasteiger partial charge in [0.2, 0.25) is 5.91 Å². The van der Waals surface area contributed by atoms with E-state index in [1.165, 1.54) is 12.1 Å². The number of amides is 1. The Balaban J connectivity index is 2.22. The quantitative estimate of drug-likeness (QED) is 0.590. The molecule has 0 aromatic heterocycles. The van der Waals surface area contributed by atoms with E-state index in [2.05, 4.69) is 18.5 Å². The van der Waals surface area contributed by atoms with Gasteiger partial charge in [0.25, 0.3) is 0 Å². The highest BCUT2D eigenvalue weighted by Gasteiger charge is 2.34. The van der Waals surface area contributed by atoms with Gasteiger partial charge in [-0.05, 0) is 43.9 Å². The van der Waals surface area contributed by atoms with Crippen LogP contribution in [0.2, 0.25) is 5.02 Å². The van der Waals surface area contributed by atoms with Crippen molar-refractivity contribution in [3.8, 4) is 0 Å². The van der Waals surface area contributed by atoms with Gasteiger partial charge >= 0.3 is 5.97 Å². The number of anilines is 1. The molecule has 1 aliphatic carbocycles. The molecule has 3 atom stereocenters. The monoisotopic (exact) mass is 408 g/mol. The fourth-order valence-corrected chi connectivity index (χ4v) is 3.88. The molecule has 1 aromatic carbocycles. The van der Waals surface area contributed by atoms with Crippen LogP contribution >= 0.6 is 11.6 Å². The van der Waals surface area contributed by atoms with Gasteiger partial charge in [0.1, 0.15) is 11.9 Å². The number of hydrogen-bond donors (Lipinski definition) is 2. The van der Waals surface area contributed by atoms with Crippen LogP contribution in [0, 0.1) is 11.7 Å². The van der Waals surface area contributed by atoms with E-state index in [9.17, 15) is 19.1 Å². The second-order valence-corrected chi connectivity index (χ2v) is 7.45. The average Bonchev–Trinajstić information content (AvgIpc) is 2.64. The summed E-state index contributed by atoms with van der Waals surface area (Å²) in [5.41, 5.74) is 0.399. The van der Waals surface area contributed by atoms with Crippen molar-refractivity contribution in [3.63, 3.8) is 0 Å². The molecular weight excluding hydrogens is 383 g/mol. The molecule has 0 aliphatic heterocycles. The highest BCUT2D eigenvalue weighted by Crippen LogP contribution is 2.29. The average molecular weight is 409 g/mol. The molecule has 28 heavy (non-hydrogen) atoms. The van der Waals surface area contributed by atoms with Crippen molar-refractivity contribution in [2.45, 2.75) is 44.2 Å². The van der Waals surface area contributed by atoms with E-state index in [1.54, 1.807) is 23.1 Å². The first-order valence-corrected chi connectivity index (χ1v) is 9.71. The zero-order valence-corrected chi connectivity index (χ0v) is 16.5. The second kappa shape index (κ2) is 10.3. The number of benzene rings is 1. The lowest BCUT2D eigenvalue weighted by molar-refractivity contribution is -0.145. The third-order valence-corrected chi connectivity index (χ3v) is 5.17. The molecule has 3 unspecified atom stereocenters. The van der Waals surface area contributed by atoms with E-state index in [1.807, 2.05) is 0 Å². The summed E-state index contributed by atoms with van der Waals surface area (Å²) in [6.07, 6.45) is 6.11. The predicted octanol–water partition coefficient (Wildman–Crippen LogP) is 4.49. The van der Waals surface area contributed by atoms with E-state index in [-0.39, 0.29) is 17.0 Å². The van der Waals surface area contributed by atoms with Gasteiger partial charge in [-0.3, -0.25) is 9.59 Å². The Morgan fingerprint density at radius 3 is 2.68 bits per heavy atom. The number of halogens is 2. The van der Waals surface area contributed by atoms with Gasteiger partial charge in [0.15, 0.2) is 0 Å². The first kappa shape index (κ1) is 22.0. The van der Waals surface area contributed by atoms with Crippen LogP contribution in [0.3, 0.4) is 0 Å². The smallest absolute Gasteiger partial charge is 0.306 e. The number of nitrogens with one attached hydrogen (secondary N) is 1. The molecule has 5 nitrogen and oxygen atoms in total. The van der Waals surface area contributed by atoms with E-state index in [4.69, 9.17) is 11.6 Å². The van der Waals surface area contributed by atoms with Crippen LogP contribution in [-0.2, 0) is 9.59 Å². The van der Waals surface area contributed by atoms with Crippen molar-refractivity contribution in [2.75, 3.05) is 11.9 Å². The Morgan fingerprint density at radius 1 is 1.32 bits per heavy atom. The van der Waals surface area contributed by atoms with Crippen molar-refractivity contribution < 1.29 is 19.1 Å². The lowest BCUT2D eigenvalue weighted by atomic mass is 9.84. The number of carboxylic acids is 1. The maximum absolute atomic E-state index is 13.6. The van der Waals surface area contributed by atoms with Gasteiger partial charge in [-0.15, -0.1) is 13.2 Å². The fraction of sp³-hybridized carbons (Fsp3) is 0.429. The molecule has 7 heteroatoms. The minimum atomic E-state index is -0.828. The zero-order chi connectivity index (χ0) is 20.7. The van der Waals surface area contributed by atoms with Crippen molar-refractivity contribution >= 4 is 29.2 Å². The number of carbonyl (C=O) groups excluding carboxylic acids is 1. The van der Waals surface area contributed by atoms with Gasteiger partial charge in [0.05, 0.1) is 5.92 Å². The van der Waals surface area contributed by atoms with Crippen LogP contribution < -0.4 is 5.32 Å². The Bertz CT molecular complexity index is 720. The maximum Gasteiger partial charge on any atom is 0.306 e. The normalized spacial score (nSPS) is 20.1. The number of carboxylic acid groups (broad SMARTS) is 1. The summed E-state index contributed by atoms with van der Waals surface area (Å²) in [5.74, 6) is -1.98. The summed E-state index contributed by atoms with van der Waals surface area (Å²) in [6.45, 7) is 7.75. The Hall–Kier alpha value is -2.34. The van der Waals surface area contributed by atoms with E-state index in [0.717, 1.165) is 12.8 Å². The van der Waals surface area contributed by atoms with Crippen LogP contribution in [0.15, 0.2) is 43.5 Å². The zero-order valence-electron chi connectivity index (χ0n) is 15.7. The number of nitrogens with zero attached hydrogens (tertiary/aromatic N) is 1. The predicted molar refractivity (Wildman–Crippen MR) is 109 cm³/mol. The minimum absolute atomic E-state index is 0.175. The summed E-state index contributed by atoms with van der Waals surface area (Å²) in [6, 6.07) is 3.17. The fourth-order valence-electron chi connectivity index (χ4n) is 3.66. The van der Waals surface area contributed by atoms with Crippen LogP contribution in [0.4, 0.5) is 10.1 Å². The van der Waals surface area contributed by atoms with Crippen LogP contribution in [0.1, 0.15) is 32.1 Å². The second-order valence-electron chi connectivity index (χ2n) is 7.01. The molecule has 1 amide bonds. The third kappa shape index (κ3) is 5.83. The van der Waals surface area contributed by atoms with Gasteiger partial charge in [-0.2, -0.15) is 0 Å². The first-order chi connectivity index (χ1) is 13.3. The number of rotatable bonds is 9. The molecule has 0 radical (unpaired) electrons. The van der Waals surface area contributed by atoms with Gasteiger partial charge in [-0.25, -0.2) is 4.39 Å². The minimum Gasteiger partial charge on any atom is -0.481 e. The van der Waals surface area contributed by atoms with E-state index < -0.39 is 23.7 Å². The van der Waals surface area contributed by atoms with Gasteiger partial charge in [-0.1, -0.05) is 30.2 Å². The molecule has 1 fully saturated rings. The topological polar surface area (TPSA) is 69.6 Å². The molecule has 2 N–H and O–H groups in total. The Labute approximate surface area is 169 Å². The Morgan fingerprint density at radius 2 is 2.07 bits per heavy atom. The highest BCUT2D eigenvalue weighted by atomic mass is 35.5. The molecule has 1 aromatic rings. The molecule has 152 valence electrons. The summed E-state index contributed by atoms with van der Waals surface area (Å²) < 4.78 is 13.6. The number of carbonyl (C=O) groups is 2. The van der Waals surface area contributed by atoms with Crippen molar-refractivity contribution in [2.24, 2.45) is 5.92 Å². The largest absolute Gasteiger partial charge is 0.481 e.